The van der Waals surface area contributed by atoms with E-state index in [1.165, 1.54) is 7.11 Å². The lowest BCUT2D eigenvalue weighted by Crippen LogP contribution is -2.36. The Morgan fingerprint density at radius 1 is 0.879 bits per heavy atom. The van der Waals surface area contributed by atoms with E-state index in [2.05, 4.69) is 10.5 Å². The molecule has 0 spiro atoms. The monoisotopic (exact) mass is 439 g/mol. The van der Waals surface area contributed by atoms with Gasteiger partial charge >= 0.3 is 0 Å². The van der Waals surface area contributed by atoms with Crippen LogP contribution < -0.4 is 15.1 Å². The molecule has 1 fully saturated rings. The van der Waals surface area contributed by atoms with E-state index in [1.54, 1.807) is 24.3 Å². The molecule has 2 aliphatic heterocycles. The number of fused-ring (bicyclic) bond motifs is 1. The number of Topliss-reactive ketones (excluding diaryl/α,β-unsaturated/α-hetero) is 1. The molecule has 0 saturated carbocycles. The highest BCUT2D eigenvalue weighted by Crippen LogP contribution is 2.37. The summed E-state index contributed by atoms with van der Waals surface area (Å²) in [5, 5.41) is 4.18. The average Bonchev–Trinajstić information content (AvgIpc) is 3.40. The van der Waals surface area contributed by atoms with Gasteiger partial charge in [-0.1, -0.05) is 72.8 Å². The molecule has 7 heteroatoms. The molecular weight excluding hydrogens is 418 g/mol. The van der Waals surface area contributed by atoms with Gasteiger partial charge in [-0.3, -0.25) is 19.8 Å². The third kappa shape index (κ3) is 3.38. The normalized spacial score (nSPS) is 19.3. The lowest BCUT2D eigenvalue weighted by Gasteiger charge is -2.20. The molecule has 164 valence electrons. The molecule has 0 aromatic heterocycles. The lowest BCUT2D eigenvalue weighted by atomic mass is 9.82. The SMILES string of the molecule is COc1ccccc1N1C(=O)[C@H]2C(C(=O)C(c3ccccc3)c3ccccc3)=NN[C@H]2C1=O. The lowest BCUT2D eigenvalue weighted by molar-refractivity contribution is -0.122. The van der Waals surface area contributed by atoms with Crippen molar-refractivity contribution in [2.75, 3.05) is 12.0 Å². The first-order valence-electron chi connectivity index (χ1n) is 10.6. The molecule has 1 saturated heterocycles. The molecule has 0 aliphatic carbocycles. The van der Waals surface area contributed by atoms with Crippen molar-refractivity contribution in [3.05, 3.63) is 96.1 Å². The number of rotatable bonds is 6. The van der Waals surface area contributed by atoms with Gasteiger partial charge in [-0.05, 0) is 23.3 Å². The minimum atomic E-state index is -0.996. The van der Waals surface area contributed by atoms with Crippen LogP contribution in [-0.4, -0.2) is 36.5 Å². The van der Waals surface area contributed by atoms with Crippen LogP contribution in [0.2, 0.25) is 0 Å². The zero-order valence-electron chi connectivity index (χ0n) is 17.8. The van der Waals surface area contributed by atoms with Crippen molar-refractivity contribution >= 4 is 29.0 Å². The second-order valence-electron chi connectivity index (χ2n) is 7.88. The van der Waals surface area contributed by atoms with Gasteiger partial charge in [-0.15, -0.1) is 0 Å². The number of methoxy groups -OCH3 is 1. The molecule has 7 nitrogen and oxygen atoms in total. The van der Waals surface area contributed by atoms with Crippen LogP contribution in [0.1, 0.15) is 17.0 Å². The van der Waals surface area contributed by atoms with Gasteiger partial charge in [0.25, 0.3) is 5.91 Å². The number of imide groups is 1. The Kier molecular flexibility index (Phi) is 5.22. The van der Waals surface area contributed by atoms with E-state index in [4.69, 9.17) is 4.74 Å². The minimum Gasteiger partial charge on any atom is -0.495 e. The fourth-order valence-electron chi connectivity index (χ4n) is 4.48. The highest BCUT2D eigenvalue weighted by Gasteiger charge is 2.56. The van der Waals surface area contributed by atoms with Crippen LogP contribution >= 0.6 is 0 Å². The van der Waals surface area contributed by atoms with E-state index in [1.807, 2.05) is 60.7 Å². The summed E-state index contributed by atoms with van der Waals surface area (Å²) in [6, 6.07) is 24.6. The van der Waals surface area contributed by atoms with Gasteiger partial charge in [0.1, 0.15) is 23.4 Å². The molecule has 5 rings (SSSR count). The third-order valence-electron chi connectivity index (χ3n) is 6.03. The Labute approximate surface area is 190 Å². The summed E-state index contributed by atoms with van der Waals surface area (Å²) in [5.74, 6) is -2.51. The van der Waals surface area contributed by atoms with E-state index in [9.17, 15) is 14.4 Å². The van der Waals surface area contributed by atoms with Crippen LogP contribution in [0, 0.1) is 5.92 Å². The largest absolute Gasteiger partial charge is 0.495 e. The van der Waals surface area contributed by atoms with Crippen LogP contribution in [0.5, 0.6) is 5.75 Å². The summed E-state index contributed by atoms with van der Waals surface area (Å²) >= 11 is 0. The van der Waals surface area contributed by atoms with Crippen LogP contribution in [0.25, 0.3) is 0 Å². The molecule has 33 heavy (non-hydrogen) atoms. The van der Waals surface area contributed by atoms with Crippen molar-refractivity contribution in [1.29, 1.82) is 0 Å². The molecule has 3 aromatic carbocycles. The van der Waals surface area contributed by atoms with Gasteiger partial charge in [-0.2, -0.15) is 5.10 Å². The first-order chi connectivity index (χ1) is 16.1. The van der Waals surface area contributed by atoms with Crippen molar-refractivity contribution in [2.24, 2.45) is 11.0 Å². The zero-order chi connectivity index (χ0) is 22.9. The quantitative estimate of drug-likeness (QED) is 0.597. The van der Waals surface area contributed by atoms with Gasteiger partial charge in [0.2, 0.25) is 5.91 Å². The third-order valence-corrected chi connectivity index (χ3v) is 6.03. The summed E-state index contributed by atoms with van der Waals surface area (Å²) in [6.45, 7) is 0. The van der Waals surface area contributed by atoms with E-state index >= 15 is 0 Å². The molecule has 2 heterocycles. The number of hydrogen-bond donors (Lipinski definition) is 1. The molecule has 0 bridgehead atoms. The summed E-state index contributed by atoms with van der Waals surface area (Å²) in [4.78, 5) is 41.5. The number of nitrogens with zero attached hydrogens (tertiary/aromatic N) is 2. The Bertz CT molecular complexity index is 1220. The van der Waals surface area contributed by atoms with Gasteiger partial charge < -0.3 is 4.74 Å². The second-order valence-corrected chi connectivity index (χ2v) is 7.88. The summed E-state index contributed by atoms with van der Waals surface area (Å²) < 4.78 is 5.34. The van der Waals surface area contributed by atoms with Crippen molar-refractivity contribution in [2.45, 2.75) is 12.0 Å². The molecule has 0 radical (unpaired) electrons. The number of ether oxygens (including phenoxy) is 1. The van der Waals surface area contributed by atoms with Crippen molar-refractivity contribution in [3.63, 3.8) is 0 Å². The van der Waals surface area contributed by atoms with Crippen molar-refractivity contribution < 1.29 is 19.1 Å². The van der Waals surface area contributed by atoms with Gasteiger partial charge in [0.15, 0.2) is 5.78 Å². The number of nitrogens with one attached hydrogen (secondary N) is 1. The molecular formula is C26H21N3O4. The number of anilines is 1. The minimum absolute atomic E-state index is 0.0634. The highest BCUT2D eigenvalue weighted by molar-refractivity contribution is 6.50. The molecule has 1 N–H and O–H groups in total. The van der Waals surface area contributed by atoms with Gasteiger partial charge in [-0.25, -0.2) is 4.90 Å². The molecule has 3 aromatic rings. The maximum atomic E-state index is 13.8. The first-order valence-corrected chi connectivity index (χ1v) is 10.6. The fraction of sp³-hybridized carbons (Fsp3) is 0.154. The number of para-hydroxylation sites is 2. The predicted molar refractivity (Wildman–Crippen MR) is 123 cm³/mol. The number of carbonyl (C=O) groups is 3. The summed E-state index contributed by atoms with van der Waals surface area (Å²) in [6.07, 6.45) is 0. The van der Waals surface area contributed by atoms with Crippen molar-refractivity contribution in [3.8, 4) is 5.75 Å². The Morgan fingerprint density at radius 3 is 2.06 bits per heavy atom. The van der Waals surface area contributed by atoms with Gasteiger partial charge in [0.05, 0.1) is 18.7 Å². The van der Waals surface area contributed by atoms with Gasteiger partial charge in [0, 0.05) is 0 Å². The maximum absolute atomic E-state index is 13.8. The highest BCUT2D eigenvalue weighted by atomic mass is 16.5. The number of amides is 2. The smallest absolute Gasteiger partial charge is 0.259 e. The summed E-state index contributed by atoms with van der Waals surface area (Å²) in [7, 11) is 1.48. The topological polar surface area (TPSA) is 88.1 Å². The van der Waals surface area contributed by atoms with Crippen LogP contribution in [-0.2, 0) is 14.4 Å². The molecule has 2 amide bonds. The van der Waals surface area contributed by atoms with Crippen molar-refractivity contribution in [1.82, 2.24) is 5.43 Å². The fourth-order valence-corrected chi connectivity index (χ4v) is 4.48. The first kappa shape index (κ1) is 20.6. The van der Waals surface area contributed by atoms with E-state index in [-0.39, 0.29) is 11.5 Å². The molecule has 2 atom stereocenters. The average molecular weight is 439 g/mol. The molecule has 2 aliphatic rings. The Morgan fingerprint density at radius 2 is 1.45 bits per heavy atom. The number of ketones is 1. The van der Waals surface area contributed by atoms with E-state index in [0.29, 0.717) is 11.4 Å². The number of hydrazone groups is 1. The number of hydrogen-bond acceptors (Lipinski definition) is 6. The van der Waals surface area contributed by atoms with Crippen LogP contribution in [0.3, 0.4) is 0 Å². The van der Waals surface area contributed by atoms with E-state index in [0.717, 1.165) is 16.0 Å². The predicted octanol–water partition coefficient (Wildman–Crippen LogP) is 2.91. The summed E-state index contributed by atoms with van der Waals surface area (Å²) in [5.41, 5.74) is 4.73. The van der Waals surface area contributed by atoms with Crippen LogP contribution in [0.15, 0.2) is 90.0 Å². The number of benzene rings is 3. The Balaban J connectivity index is 1.52. The Hall–Kier alpha value is -4.26. The number of carbonyl (C=O) groups excluding carboxylic acids is 3. The second kappa shape index (κ2) is 8.35. The van der Waals surface area contributed by atoms with Crippen LogP contribution in [0.4, 0.5) is 5.69 Å². The zero-order valence-corrected chi connectivity index (χ0v) is 17.8. The maximum Gasteiger partial charge on any atom is 0.259 e. The standard InChI is InChI=1S/C26H21N3O4/c1-33-19-15-9-8-14-18(19)29-25(31)21-22(27-28-23(21)26(29)32)24(30)20(16-10-4-2-5-11-16)17-12-6-3-7-13-17/h2-15,20-21,23,28H,1H3/t21-,23+/m0/s1. The molecule has 0 unspecified atom stereocenters. The van der Waals surface area contributed by atoms with E-state index < -0.39 is 29.7 Å².